The van der Waals surface area contributed by atoms with E-state index in [1.54, 1.807) is 7.11 Å². The molecule has 15 heavy (non-hydrogen) atoms. The zero-order chi connectivity index (χ0) is 11.3. The standard InChI is InChI=1S/C12H20N2O/c1-9-7-12(15-3)10(2)6-11(9)8-14-5-4-13/h6-7,14H,4-5,8,13H2,1-3H3. The fourth-order valence-electron chi connectivity index (χ4n) is 1.58. The Labute approximate surface area is 91.6 Å². The molecule has 0 heterocycles. The van der Waals surface area contributed by atoms with Crippen LogP contribution in [0.5, 0.6) is 5.75 Å². The molecule has 1 rings (SSSR count). The smallest absolute Gasteiger partial charge is 0.122 e. The quantitative estimate of drug-likeness (QED) is 0.718. The van der Waals surface area contributed by atoms with Crippen LogP contribution in [0.1, 0.15) is 16.7 Å². The number of hydrogen-bond donors (Lipinski definition) is 2. The maximum Gasteiger partial charge on any atom is 0.122 e. The predicted octanol–water partition coefficient (Wildman–Crippen LogP) is 1.36. The zero-order valence-corrected chi connectivity index (χ0v) is 9.76. The van der Waals surface area contributed by atoms with Crippen LogP contribution in [0.4, 0.5) is 0 Å². The summed E-state index contributed by atoms with van der Waals surface area (Å²) in [6, 6.07) is 4.24. The van der Waals surface area contributed by atoms with Gasteiger partial charge in [0.25, 0.3) is 0 Å². The van der Waals surface area contributed by atoms with Gasteiger partial charge in [-0.15, -0.1) is 0 Å². The number of benzene rings is 1. The molecule has 3 nitrogen and oxygen atoms in total. The minimum Gasteiger partial charge on any atom is -0.496 e. The number of methoxy groups -OCH3 is 1. The molecule has 1 aromatic carbocycles. The fourth-order valence-corrected chi connectivity index (χ4v) is 1.58. The van der Waals surface area contributed by atoms with Crippen molar-refractivity contribution in [3.8, 4) is 5.75 Å². The minimum absolute atomic E-state index is 0.675. The number of nitrogens with two attached hydrogens (primary N) is 1. The second kappa shape index (κ2) is 5.73. The van der Waals surface area contributed by atoms with Gasteiger partial charge in [-0.05, 0) is 36.6 Å². The summed E-state index contributed by atoms with van der Waals surface area (Å²) in [6.45, 7) is 6.55. The van der Waals surface area contributed by atoms with E-state index in [1.165, 1.54) is 16.7 Å². The summed E-state index contributed by atoms with van der Waals surface area (Å²) in [5.41, 5.74) is 9.16. The molecule has 0 aliphatic rings. The first-order valence-corrected chi connectivity index (χ1v) is 5.24. The van der Waals surface area contributed by atoms with Gasteiger partial charge >= 0.3 is 0 Å². The Hall–Kier alpha value is -1.06. The highest BCUT2D eigenvalue weighted by Crippen LogP contribution is 2.22. The molecule has 1 aromatic rings. The van der Waals surface area contributed by atoms with Crippen LogP contribution in [-0.4, -0.2) is 20.2 Å². The first kappa shape index (κ1) is 12.0. The molecule has 3 N–H and O–H groups in total. The summed E-state index contributed by atoms with van der Waals surface area (Å²) in [7, 11) is 1.70. The molecule has 0 atom stereocenters. The molecule has 0 unspecified atom stereocenters. The monoisotopic (exact) mass is 208 g/mol. The summed E-state index contributed by atoms with van der Waals surface area (Å²) in [5, 5.41) is 3.29. The van der Waals surface area contributed by atoms with Crippen molar-refractivity contribution in [1.29, 1.82) is 0 Å². The maximum absolute atomic E-state index is 5.42. The lowest BCUT2D eigenvalue weighted by atomic mass is 10.0. The molecule has 0 aromatic heterocycles. The topological polar surface area (TPSA) is 47.3 Å². The van der Waals surface area contributed by atoms with Crippen LogP contribution >= 0.6 is 0 Å². The normalized spacial score (nSPS) is 10.4. The van der Waals surface area contributed by atoms with E-state index < -0.39 is 0 Å². The van der Waals surface area contributed by atoms with Gasteiger partial charge in [-0.1, -0.05) is 6.07 Å². The van der Waals surface area contributed by atoms with Crippen molar-refractivity contribution in [1.82, 2.24) is 5.32 Å². The average Bonchev–Trinajstić information content (AvgIpc) is 2.23. The Bertz CT molecular complexity index is 324. The first-order chi connectivity index (χ1) is 7.19. The third-order valence-corrected chi connectivity index (χ3v) is 2.49. The molecule has 0 aliphatic carbocycles. The summed E-state index contributed by atoms with van der Waals surface area (Å²) in [5.74, 6) is 0.954. The molecule has 3 heteroatoms. The minimum atomic E-state index is 0.675. The van der Waals surface area contributed by atoms with Gasteiger partial charge in [0.1, 0.15) is 5.75 Å². The summed E-state index contributed by atoms with van der Waals surface area (Å²) in [4.78, 5) is 0. The Morgan fingerprint density at radius 1 is 1.27 bits per heavy atom. The summed E-state index contributed by atoms with van der Waals surface area (Å²) in [6.07, 6.45) is 0. The summed E-state index contributed by atoms with van der Waals surface area (Å²) < 4.78 is 5.27. The molecule has 84 valence electrons. The van der Waals surface area contributed by atoms with Crippen LogP contribution in [0.25, 0.3) is 0 Å². The van der Waals surface area contributed by atoms with E-state index in [9.17, 15) is 0 Å². The van der Waals surface area contributed by atoms with Gasteiger partial charge in [-0.3, -0.25) is 0 Å². The van der Waals surface area contributed by atoms with Crippen molar-refractivity contribution >= 4 is 0 Å². The van der Waals surface area contributed by atoms with Gasteiger partial charge < -0.3 is 15.8 Å². The number of hydrogen-bond acceptors (Lipinski definition) is 3. The van der Waals surface area contributed by atoms with Gasteiger partial charge in [0.2, 0.25) is 0 Å². The molecule has 0 spiro atoms. The van der Waals surface area contributed by atoms with Crippen LogP contribution in [0.3, 0.4) is 0 Å². The fraction of sp³-hybridized carbons (Fsp3) is 0.500. The van der Waals surface area contributed by atoms with E-state index in [0.29, 0.717) is 6.54 Å². The van der Waals surface area contributed by atoms with Crippen molar-refractivity contribution in [2.24, 2.45) is 5.73 Å². The Balaban J connectivity index is 2.76. The van der Waals surface area contributed by atoms with Crippen LogP contribution in [0.2, 0.25) is 0 Å². The number of aryl methyl sites for hydroxylation is 2. The molecule has 0 radical (unpaired) electrons. The van der Waals surface area contributed by atoms with Crippen LogP contribution in [-0.2, 0) is 6.54 Å². The van der Waals surface area contributed by atoms with E-state index in [2.05, 4.69) is 31.3 Å². The Morgan fingerprint density at radius 2 is 2.00 bits per heavy atom. The molecule has 0 fully saturated rings. The number of nitrogens with one attached hydrogen (secondary N) is 1. The van der Waals surface area contributed by atoms with E-state index in [1.807, 2.05) is 0 Å². The highest BCUT2D eigenvalue weighted by molar-refractivity contribution is 5.41. The molecule has 0 saturated heterocycles. The van der Waals surface area contributed by atoms with E-state index >= 15 is 0 Å². The largest absolute Gasteiger partial charge is 0.496 e. The molecule has 0 amide bonds. The van der Waals surface area contributed by atoms with E-state index in [-0.39, 0.29) is 0 Å². The number of ether oxygens (including phenoxy) is 1. The van der Waals surface area contributed by atoms with Crippen molar-refractivity contribution in [2.75, 3.05) is 20.2 Å². The Kier molecular flexibility index (Phi) is 4.59. The van der Waals surface area contributed by atoms with E-state index in [0.717, 1.165) is 18.8 Å². The molecule has 0 bridgehead atoms. The van der Waals surface area contributed by atoms with Crippen LogP contribution in [0.15, 0.2) is 12.1 Å². The van der Waals surface area contributed by atoms with Crippen molar-refractivity contribution in [3.05, 3.63) is 28.8 Å². The van der Waals surface area contributed by atoms with E-state index in [4.69, 9.17) is 10.5 Å². The predicted molar refractivity (Wildman–Crippen MR) is 63.2 cm³/mol. The highest BCUT2D eigenvalue weighted by atomic mass is 16.5. The summed E-state index contributed by atoms with van der Waals surface area (Å²) >= 11 is 0. The lowest BCUT2D eigenvalue weighted by molar-refractivity contribution is 0.411. The molecule has 0 aliphatic heterocycles. The average molecular weight is 208 g/mol. The molecular formula is C12H20N2O. The van der Waals surface area contributed by atoms with Gasteiger partial charge in [-0.2, -0.15) is 0 Å². The first-order valence-electron chi connectivity index (χ1n) is 5.24. The van der Waals surface area contributed by atoms with Crippen molar-refractivity contribution in [2.45, 2.75) is 20.4 Å². The van der Waals surface area contributed by atoms with Gasteiger partial charge in [0.05, 0.1) is 7.11 Å². The molecule has 0 saturated carbocycles. The second-order valence-corrected chi connectivity index (χ2v) is 3.71. The van der Waals surface area contributed by atoms with Crippen LogP contribution in [0, 0.1) is 13.8 Å². The Morgan fingerprint density at radius 3 is 2.60 bits per heavy atom. The third kappa shape index (κ3) is 3.22. The highest BCUT2D eigenvalue weighted by Gasteiger charge is 2.03. The SMILES string of the molecule is COc1cc(C)c(CNCCN)cc1C. The number of rotatable bonds is 5. The lowest BCUT2D eigenvalue weighted by Crippen LogP contribution is -2.22. The lowest BCUT2D eigenvalue weighted by Gasteiger charge is -2.11. The van der Waals surface area contributed by atoms with Crippen molar-refractivity contribution < 1.29 is 4.74 Å². The second-order valence-electron chi connectivity index (χ2n) is 3.71. The molecular weight excluding hydrogens is 188 g/mol. The van der Waals surface area contributed by atoms with Crippen molar-refractivity contribution in [3.63, 3.8) is 0 Å². The van der Waals surface area contributed by atoms with Crippen LogP contribution < -0.4 is 15.8 Å². The van der Waals surface area contributed by atoms with Gasteiger partial charge in [-0.25, -0.2) is 0 Å². The van der Waals surface area contributed by atoms with Gasteiger partial charge in [0.15, 0.2) is 0 Å². The third-order valence-electron chi connectivity index (χ3n) is 2.49. The maximum atomic E-state index is 5.42. The zero-order valence-electron chi connectivity index (χ0n) is 9.76. The van der Waals surface area contributed by atoms with Gasteiger partial charge in [0, 0.05) is 19.6 Å².